The molecule has 1 aliphatic heterocycles. The Morgan fingerprint density at radius 3 is 2.31 bits per heavy atom. The summed E-state index contributed by atoms with van der Waals surface area (Å²) in [7, 11) is -2.30. The van der Waals surface area contributed by atoms with Gasteiger partial charge in [-0.2, -0.15) is 4.31 Å². The lowest BCUT2D eigenvalue weighted by Crippen LogP contribution is -2.32. The smallest absolute Gasteiger partial charge is 0.341 e. The number of benzene rings is 2. The van der Waals surface area contributed by atoms with Gasteiger partial charge in [-0.15, -0.1) is 11.3 Å². The van der Waals surface area contributed by atoms with Crippen molar-refractivity contribution in [2.45, 2.75) is 51.1 Å². The third-order valence-corrected chi connectivity index (χ3v) is 9.75. The molecule has 1 aromatic heterocycles. The number of rotatable bonds is 11. The van der Waals surface area contributed by atoms with E-state index in [1.807, 2.05) is 32.0 Å². The molecule has 1 N–H and O–H groups in total. The first-order chi connectivity index (χ1) is 18.8. The van der Waals surface area contributed by atoms with Crippen molar-refractivity contribution < 1.29 is 22.7 Å². The second kappa shape index (κ2) is 12.9. The van der Waals surface area contributed by atoms with Crippen LogP contribution >= 0.6 is 11.3 Å². The maximum absolute atomic E-state index is 13.2. The van der Waals surface area contributed by atoms with Crippen molar-refractivity contribution in [2.75, 3.05) is 32.1 Å². The number of ether oxygens (including phenoxy) is 1. The molecule has 0 bridgehead atoms. The first-order valence-electron chi connectivity index (χ1n) is 13.2. The van der Waals surface area contributed by atoms with Crippen LogP contribution in [0.25, 0.3) is 0 Å². The Balaban J connectivity index is 1.53. The van der Waals surface area contributed by atoms with E-state index >= 15 is 0 Å². The van der Waals surface area contributed by atoms with Crippen molar-refractivity contribution in [2.24, 2.45) is 0 Å². The molecule has 0 unspecified atom stereocenters. The Morgan fingerprint density at radius 1 is 1.03 bits per heavy atom. The van der Waals surface area contributed by atoms with Crippen LogP contribution in [0.3, 0.4) is 0 Å². The fraction of sp³-hybridized carbons (Fsp3) is 0.379. The zero-order valence-electron chi connectivity index (χ0n) is 22.6. The van der Waals surface area contributed by atoms with Crippen molar-refractivity contribution in [3.8, 4) is 0 Å². The monoisotopic (exact) mass is 569 g/mol. The number of thiophene rings is 1. The molecule has 208 valence electrons. The van der Waals surface area contributed by atoms with Crippen molar-refractivity contribution in [3.05, 3.63) is 81.7 Å². The molecule has 10 heteroatoms. The summed E-state index contributed by atoms with van der Waals surface area (Å²) in [5, 5.41) is 3.34. The number of nitrogens with one attached hydrogen (secondary N) is 1. The molecule has 3 aromatic rings. The number of amides is 1. The summed E-state index contributed by atoms with van der Waals surface area (Å²) < 4.78 is 32.7. The van der Waals surface area contributed by atoms with Crippen LogP contribution < -0.4 is 5.32 Å². The normalized spacial score (nSPS) is 13.7. The van der Waals surface area contributed by atoms with Gasteiger partial charge in [0.2, 0.25) is 10.0 Å². The first kappa shape index (κ1) is 28.9. The van der Waals surface area contributed by atoms with E-state index in [1.165, 1.54) is 52.6 Å². The SMILES string of the molecule is CCCN(CCC)S(=O)(=O)c1ccc(C(=O)Nc2sc3c(c2C(=O)OC)CCN(Cc2ccccc2)C3)cc1. The van der Waals surface area contributed by atoms with E-state index < -0.39 is 21.9 Å². The van der Waals surface area contributed by atoms with Crippen molar-refractivity contribution in [3.63, 3.8) is 0 Å². The zero-order chi connectivity index (χ0) is 28.0. The molecule has 39 heavy (non-hydrogen) atoms. The van der Waals surface area contributed by atoms with E-state index in [0.29, 0.717) is 42.2 Å². The number of hydrogen-bond donors (Lipinski definition) is 1. The molecule has 0 aliphatic carbocycles. The Kier molecular flexibility index (Phi) is 9.55. The molecule has 1 amide bonds. The summed E-state index contributed by atoms with van der Waals surface area (Å²) in [4.78, 5) is 29.4. The molecule has 8 nitrogen and oxygen atoms in total. The lowest BCUT2D eigenvalue weighted by molar-refractivity contribution is 0.0600. The van der Waals surface area contributed by atoms with Gasteiger partial charge in [-0.25, -0.2) is 13.2 Å². The number of carbonyl (C=O) groups excluding carboxylic acids is 2. The largest absolute Gasteiger partial charge is 0.465 e. The minimum Gasteiger partial charge on any atom is -0.465 e. The van der Waals surface area contributed by atoms with E-state index in [9.17, 15) is 18.0 Å². The number of nitrogens with zero attached hydrogens (tertiary/aromatic N) is 2. The number of anilines is 1. The summed E-state index contributed by atoms with van der Waals surface area (Å²) in [6.07, 6.45) is 2.12. The molecular formula is C29H35N3O5S2. The van der Waals surface area contributed by atoms with Gasteiger partial charge in [0.1, 0.15) is 5.00 Å². The van der Waals surface area contributed by atoms with Crippen molar-refractivity contribution in [1.82, 2.24) is 9.21 Å². The molecule has 0 radical (unpaired) electrons. The van der Waals surface area contributed by atoms with Crippen LogP contribution in [0.2, 0.25) is 0 Å². The second-order valence-electron chi connectivity index (χ2n) is 9.53. The van der Waals surface area contributed by atoms with Crippen LogP contribution in [0.15, 0.2) is 59.5 Å². The van der Waals surface area contributed by atoms with Crippen LogP contribution in [0.4, 0.5) is 5.00 Å². The van der Waals surface area contributed by atoms with Gasteiger partial charge in [0, 0.05) is 43.2 Å². The van der Waals surface area contributed by atoms with Gasteiger partial charge in [-0.1, -0.05) is 44.2 Å². The highest BCUT2D eigenvalue weighted by Crippen LogP contribution is 2.38. The fourth-order valence-electron chi connectivity index (χ4n) is 4.79. The van der Waals surface area contributed by atoms with Gasteiger partial charge < -0.3 is 10.1 Å². The van der Waals surface area contributed by atoms with Crippen molar-refractivity contribution in [1.29, 1.82) is 0 Å². The maximum Gasteiger partial charge on any atom is 0.341 e. The van der Waals surface area contributed by atoms with Crippen LogP contribution in [0, 0.1) is 0 Å². The minimum atomic E-state index is -3.64. The molecule has 2 heterocycles. The lowest BCUT2D eigenvalue weighted by atomic mass is 10.0. The number of carbonyl (C=O) groups is 2. The molecule has 0 saturated heterocycles. The molecule has 0 atom stereocenters. The number of esters is 1. The zero-order valence-corrected chi connectivity index (χ0v) is 24.2. The van der Waals surface area contributed by atoms with E-state index in [4.69, 9.17) is 4.74 Å². The molecule has 0 spiro atoms. The Hall–Kier alpha value is -3.05. The van der Waals surface area contributed by atoms with Crippen LogP contribution in [-0.4, -0.2) is 56.2 Å². The van der Waals surface area contributed by atoms with Gasteiger partial charge >= 0.3 is 5.97 Å². The minimum absolute atomic E-state index is 0.154. The fourth-order valence-corrected chi connectivity index (χ4v) is 7.69. The molecule has 0 fully saturated rings. The predicted octanol–water partition coefficient (Wildman–Crippen LogP) is 5.16. The van der Waals surface area contributed by atoms with Gasteiger partial charge in [0.05, 0.1) is 17.6 Å². The summed E-state index contributed by atoms with van der Waals surface area (Å²) in [5.41, 5.74) is 2.84. The van der Waals surface area contributed by atoms with E-state index in [1.54, 1.807) is 0 Å². The molecule has 0 saturated carbocycles. The standard InChI is InChI=1S/C29H35N3O5S2/c1-4-16-32(17-5-2)39(35,36)23-13-11-22(12-14-23)27(33)30-28-26(29(34)37-3)24-15-18-31(20-25(24)38-28)19-21-9-7-6-8-10-21/h6-14H,4-5,15-20H2,1-3H3,(H,30,33). The Labute approximate surface area is 234 Å². The summed E-state index contributed by atoms with van der Waals surface area (Å²) in [6.45, 7) is 7.04. The highest BCUT2D eigenvalue weighted by atomic mass is 32.2. The Bertz CT molecular complexity index is 1400. The first-order valence-corrected chi connectivity index (χ1v) is 15.4. The van der Waals surface area contributed by atoms with Gasteiger partial charge in [-0.3, -0.25) is 9.69 Å². The topological polar surface area (TPSA) is 96.0 Å². The number of sulfonamides is 1. The molecule has 1 aliphatic rings. The van der Waals surface area contributed by atoms with E-state index in [-0.39, 0.29) is 4.90 Å². The quantitative estimate of drug-likeness (QED) is 0.321. The highest BCUT2D eigenvalue weighted by molar-refractivity contribution is 7.89. The number of methoxy groups -OCH3 is 1. The number of fused-ring (bicyclic) bond motifs is 1. The van der Waals surface area contributed by atoms with Crippen LogP contribution in [0.1, 0.15) is 63.4 Å². The van der Waals surface area contributed by atoms with E-state index in [2.05, 4.69) is 22.3 Å². The van der Waals surface area contributed by atoms with Gasteiger partial charge in [0.15, 0.2) is 0 Å². The highest BCUT2D eigenvalue weighted by Gasteiger charge is 2.30. The van der Waals surface area contributed by atoms with Crippen LogP contribution in [-0.2, 0) is 34.3 Å². The maximum atomic E-state index is 13.2. The van der Waals surface area contributed by atoms with Gasteiger partial charge in [0.25, 0.3) is 5.91 Å². The van der Waals surface area contributed by atoms with Gasteiger partial charge in [-0.05, 0) is 54.7 Å². The molecular weight excluding hydrogens is 534 g/mol. The average Bonchev–Trinajstić information content (AvgIpc) is 3.30. The van der Waals surface area contributed by atoms with Crippen molar-refractivity contribution >= 4 is 38.2 Å². The molecule has 4 rings (SSSR count). The molecule has 2 aromatic carbocycles. The number of hydrogen-bond acceptors (Lipinski definition) is 7. The third kappa shape index (κ3) is 6.58. The van der Waals surface area contributed by atoms with Crippen LogP contribution in [0.5, 0.6) is 0 Å². The lowest BCUT2D eigenvalue weighted by Gasteiger charge is -2.27. The summed E-state index contributed by atoms with van der Waals surface area (Å²) in [5.74, 6) is -0.893. The van der Waals surface area contributed by atoms with E-state index in [0.717, 1.165) is 36.4 Å². The summed E-state index contributed by atoms with van der Waals surface area (Å²) in [6, 6.07) is 16.2. The third-order valence-electron chi connectivity index (χ3n) is 6.70. The average molecular weight is 570 g/mol. The summed E-state index contributed by atoms with van der Waals surface area (Å²) >= 11 is 1.39. The Morgan fingerprint density at radius 2 is 1.69 bits per heavy atom. The second-order valence-corrected chi connectivity index (χ2v) is 12.6. The predicted molar refractivity (Wildman–Crippen MR) is 154 cm³/mol.